The van der Waals surface area contributed by atoms with Crippen molar-refractivity contribution < 1.29 is 63.4 Å². The molecule has 0 aliphatic heterocycles. The average molecular weight is 2120 g/mol. The number of hydrogen-bond donors (Lipinski definition) is 13. The lowest BCUT2D eigenvalue weighted by Gasteiger charge is -2.25. The maximum absolute atomic E-state index is 13.3. The zero-order valence-electron chi connectivity index (χ0n) is 84.8. The van der Waals surface area contributed by atoms with Crippen LogP contribution in [0.3, 0.4) is 0 Å². The lowest BCUT2D eigenvalue weighted by atomic mass is 9.95. The summed E-state index contributed by atoms with van der Waals surface area (Å²) < 4.78 is 25.2. The van der Waals surface area contributed by atoms with Crippen LogP contribution in [0.1, 0.15) is 148 Å². The molecule has 0 aromatic carbocycles. The minimum Gasteiger partial charge on any atom is -0.477 e. The molecule has 0 bridgehead atoms. The summed E-state index contributed by atoms with van der Waals surface area (Å²) in [6, 6.07) is 39.1. The number of amides is 5. The van der Waals surface area contributed by atoms with Crippen LogP contribution in [-0.4, -0.2) is 230 Å². The van der Waals surface area contributed by atoms with Gasteiger partial charge in [0.1, 0.15) is 94.8 Å². The molecule has 0 radical (unpaired) electrons. The molecule has 0 spiro atoms. The Morgan fingerprint density at radius 1 is 0.466 bits per heavy atom. The van der Waals surface area contributed by atoms with Gasteiger partial charge in [-0.2, -0.15) is 28.8 Å². The first-order valence-electron chi connectivity index (χ1n) is 45.1. The molecule has 5 amide bonds. The minimum atomic E-state index is -1.18. The van der Waals surface area contributed by atoms with E-state index in [1.54, 1.807) is 203 Å². The number of H-pyrrole nitrogens is 1. The third-order valence-electron chi connectivity index (χ3n) is 19.2. The lowest BCUT2D eigenvalue weighted by Crippen LogP contribution is -2.36. The maximum atomic E-state index is 13.3. The molecule has 45 nitrogen and oxygen atoms in total. The van der Waals surface area contributed by atoms with Crippen LogP contribution in [0.2, 0.25) is 10.3 Å². The first-order chi connectivity index (χ1) is 68.5. The molecule has 0 unspecified atom stereocenters. The van der Waals surface area contributed by atoms with E-state index >= 15 is 0 Å². The number of aromatic nitrogens is 17. The molecule has 0 atom stereocenters. The van der Waals surface area contributed by atoms with Gasteiger partial charge in [-0.1, -0.05) is 95.9 Å². The van der Waals surface area contributed by atoms with E-state index in [-0.39, 0.29) is 145 Å². The summed E-state index contributed by atoms with van der Waals surface area (Å²) >= 11 is 15.2. The number of aromatic amines is 1. The van der Waals surface area contributed by atoms with Gasteiger partial charge in [-0.15, -0.1) is 0 Å². The number of carboxylic acid groups (broad SMARTS) is 1. The predicted octanol–water partition coefficient (Wildman–Crippen LogP) is 12.1. The van der Waals surface area contributed by atoms with Crippen molar-refractivity contribution in [3.8, 4) is 17.5 Å². The molecule has 14 rings (SSSR count). The number of carbonyl (C=O) groups excluding carboxylic acids is 5. The van der Waals surface area contributed by atoms with E-state index in [0.717, 1.165) is 17.3 Å². The van der Waals surface area contributed by atoms with Gasteiger partial charge < -0.3 is 83.8 Å². The van der Waals surface area contributed by atoms with Crippen LogP contribution in [0, 0.1) is 16.2 Å². The Morgan fingerprint density at radius 3 is 1.12 bits per heavy atom. The Balaban J connectivity index is 0.000000271. The fourth-order valence-corrected chi connectivity index (χ4v) is 11.7. The van der Waals surface area contributed by atoms with Gasteiger partial charge in [-0.3, -0.25) is 57.2 Å². The molecule has 0 aliphatic rings. The molecule has 0 saturated heterocycles. The number of nitrogens with two attached hydrogens (primary N) is 4. The fourth-order valence-electron chi connectivity index (χ4n) is 11.1. The van der Waals surface area contributed by atoms with Gasteiger partial charge >= 0.3 is 24.2 Å². The van der Waals surface area contributed by atoms with Gasteiger partial charge in [-0.25, -0.2) is 54.1 Å². The highest BCUT2D eigenvalue weighted by Crippen LogP contribution is 2.29. The summed E-state index contributed by atoms with van der Waals surface area (Å²) in [6.07, 6.45) is 16.2. The number of ether oxygens (including phenoxy) is 3. The van der Waals surface area contributed by atoms with Crippen molar-refractivity contribution in [3.63, 3.8) is 0 Å². The largest absolute Gasteiger partial charge is 0.477 e. The van der Waals surface area contributed by atoms with E-state index in [0.29, 0.717) is 29.8 Å². The van der Waals surface area contributed by atoms with Crippen LogP contribution in [0.4, 0.5) is 60.4 Å². The number of nitrogen functional groups attached to an aromatic ring is 3. The third kappa shape index (κ3) is 37.1. The minimum absolute atomic E-state index is 0.0425. The third-order valence-corrected chi connectivity index (χ3v) is 20.0. The summed E-state index contributed by atoms with van der Waals surface area (Å²) in [7, 11) is 6.46. The standard InChI is InChI=1S/C28H34N8O5.C18H26ClN5O4.C13H15ClN4O4.2C10H9N3O.C5H4BrN.C5H6N2O.C5H13NO.C4H11N/c1-27(2,3)41-26(40)34(6)22-14-20(32-19-10-9-13-35(25(19)39)21-11-7-8-12-29-21)33-23-18(15-31-36(22)23)24(38)30-16-28(4,5)17-37;1-17(2,3)28-16(27)23(6)13-7-12(19)22-14-11(8-21-24(13)14)15(26)20-9-18(4,5)10-25;1-13(2,3)22-12(21)17(4)9-5-8(14)16-10-7(11(19)20)6-15-18(9)10;2*11-8-4-3-7-13(10(8)14)9-5-1-2-6-12-9;6-5-3-1-2-4-7-5;6-4-2-1-3-7-5(4)8;1-5(2,3-6)4-7;1-3-4-5-2/h7-15,37H,16-17H2,1-6H3,(H,30,38)(H,32,33);7-8,25H,9-10H2,1-6H3,(H,20,26);5-6H,1-4H3,(H,19,20);2*1-7H,11H2;1-4H;1-3H,6H2,(H,7,8);7H,3-4,6H2,1-2H3;5H,3-4H2,1-2H3. The van der Waals surface area contributed by atoms with Crippen LogP contribution < -0.4 is 81.1 Å². The molecule has 0 saturated carbocycles. The van der Waals surface area contributed by atoms with Crippen LogP contribution in [0.15, 0.2) is 231 Å². The maximum Gasteiger partial charge on any atom is 0.415 e. The Hall–Kier alpha value is -15.5. The van der Waals surface area contributed by atoms with E-state index in [1.165, 1.54) is 100 Å². The Kier molecular flexibility index (Phi) is 44.8. The number of nitrogens with zero attached hydrogens (tertiary/aromatic N) is 19. The monoisotopic (exact) mass is 2120 g/mol. The number of nitrogens with one attached hydrogen (secondary N) is 5. The predicted molar refractivity (Wildman–Crippen MR) is 565 cm³/mol. The summed E-state index contributed by atoms with van der Waals surface area (Å²) in [4.78, 5) is 156. The molecule has 14 aromatic rings. The second kappa shape index (κ2) is 54.8. The molecule has 17 N–H and O–H groups in total. The number of pyridine rings is 8. The quantitative estimate of drug-likeness (QED) is 0.0180. The van der Waals surface area contributed by atoms with E-state index in [9.17, 15) is 58.2 Å². The van der Waals surface area contributed by atoms with Crippen LogP contribution in [0.25, 0.3) is 34.4 Å². The Bertz CT molecular complexity index is 6810. The highest BCUT2D eigenvalue weighted by Gasteiger charge is 2.31. The van der Waals surface area contributed by atoms with Crippen LogP contribution >= 0.6 is 39.1 Å². The van der Waals surface area contributed by atoms with Gasteiger partial charge in [0.2, 0.25) is 0 Å². The topological polar surface area (TPSA) is 614 Å². The summed E-state index contributed by atoms with van der Waals surface area (Å²) in [5.74, 6) is 0.509. The number of fused-ring (bicyclic) bond motifs is 3. The van der Waals surface area contributed by atoms with Gasteiger partial charge in [0, 0.05) is 138 Å². The second-order valence-corrected chi connectivity index (χ2v) is 38.6. The van der Waals surface area contributed by atoms with Crippen molar-refractivity contribution in [2.24, 2.45) is 22.0 Å². The van der Waals surface area contributed by atoms with Crippen LogP contribution in [-0.2, 0) is 14.2 Å². The second-order valence-electron chi connectivity index (χ2n) is 37.0. The Labute approximate surface area is 860 Å². The molecule has 0 fully saturated rings. The van der Waals surface area contributed by atoms with E-state index < -0.39 is 63.7 Å². The van der Waals surface area contributed by atoms with Crippen molar-refractivity contribution in [3.05, 3.63) is 281 Å². The molecule has 14 aromatic heterocycles. The van der Waals surface area contributed by atoms with E-state index in [2.05, 4.69) is 99.3 Å². The van der Waals surface area contributed by atoms with Gasteiger partial charge in [0.25, 0.3) is 34.1 Å². The lowest BCUT2D eigenvalue weighted by molar-refractivity contribution is 0.0577. The molecule has 0 aliphatic carbocycles. The number of aliphatic hydroxyl groups is 3. The fraction of sp³-hybridized carbons (Fsp3) is 0.347. The van der Waals surface area contributed by atoms with E-state index in [1.807, 2.05) is 78.9 Å². The van der Waals surface area contributed by atoms with Gasteiger partial charge in [-0.05, 0) is 202 Å². The number of carboxylic acids is 1. The summed E-state index contributed by atoms with van der Waals surface area (Å²) in [6.45, 7) is 31.2. The average Bonchev–Trinajstić information content (AvgIpc) is 1.60. The normalized spacial score (nSPS) is 11.1. The highest BCUT2D eigenvalue weighted by atomic mass is 79.9. The number of rotatable bonds is 21. The molecule has 782 valence electrons. The molecule has 14 heterocycles. The van der Waals surface area contributed by atoms with Gasteiger partial charge in [0.05, 0.1) is 35.7 Å². The molecular weight excluding hydrogens is 1990 g/mol. The molecule has 48 heteroatoms. The van der Waals surface area contributed by atoms with E-state index in [4.69, 9.17) is 70.6 Å². The smallest absolute Gasteiger partial charge is 0.415 e. The first-order valence-corrected chi connectivity index (χ1v) is 46.6. The zero-order valence-corrected chi connectivity index (χ0v) is 87.9. The van der Waals surface area contributed by atoms with Crippen molar-refractivity contribution in [1.29, 1.82) is 0 Å². The number of anilines is 8. The number of carbonyl (C=O) groups is 6. The van der Waals surface area contributed by atoms with Gasteiger partial charge in [0.15, 0.2) is 16.9 Å². The SMILES string of the molecule is Brc1ccccn1.CC(C)(CN)CO.CCCNC.CN(C(=O)OC(C)(C)C)c1cc(Cl)nc2c(C(=O)NCC(C)(C)CO)cnn12.CN(C(=O)OC(C)(C)C)c1cc(Cl)nc2c(C(=O)O)cnn12.CN(C(=O)OC(C)(C)C)c1cc(Nc2cccn(-c3ccccn3)c2=O)nc2c(C(=O)NCC(C)(C)CO)cnn12.Nc1ccc[nH]c1=O.Nc1cccn(-c2ccccn2)c1=O.Nc1cccn(-c2ccccn2)c1=O. The summed E-state index contributed by atoms with van der Waals surface area (Å²) in [5, 5.41) is 60.7. The zero-order chi connectivity index (χ0) is 109. The van der Waals surface area contributed by atoms with Crippen molar-refractivity contribution in [2.75, 3.05) is 111 Å². The number of aromatic carboxylic acids is 1. The Morgan fingerprint density at radius 2 is 0.822 bits per heavy atom. The number of halogens is 3. The number of aliphatic hydroxyl groups excluding tert-OH is 3. The number of hydrogen-bond acceptors (Lipinski definition) is 32. The summed E-state index contributed by atoms with van der Waals surface area (Å²) in [5.41, 5.74) is 18.7. The van der Waals surface area contributed by atoms with Crippen molar-refractivity contribution in [2.45, 2.75) is 134 Å². The van der Waals surface area contributed by atoms with Crippen LogP contribution in [0.5, 0.6) is 0 Å². The van der Waals surface area contributed by atoms with Crippen molar-refractivity contribution in [1.82, 2.24) is 98.4 Å². The highest BCUT2D eigenvalue weighted by molar-refractivity contribution is 9.10. The first kappa shape index (κ1) is 119. The van der Waals surface area contributed by atoms with Crippen molar-refractivity contribution >= 4 is 138 Å². The molecular formula is C98H127BrCl2N28O17. The molecule has 146 heavy (non-hydrogen) atoms.